The van der Waals surface area contributed by atoms with Crippen LogP contribution in [0, 0.1) is 17.3 Å². The number of nitrogens with one attached hydrogen (secondary N) is 2. The van der Waals surface area contributed by atoms with Gasteiger partial charge in [0.05, 0.1) is 47.0 Å². The number of likely N-dealkylation sites (N-methyl/N-ethyl adjacent to an activating group) is 1. The quantitative estimate of drug-likeness (QED) is 0.205. The molecule has 3 aliphatic heterocycles. The molecule has 0 saturated carbocycles. The van der Waals surface area contributed by atoms with Crippen LogP contribution >= 0.6 is 11.3 Å². The van der Waals surface area contributed by atoms with Crippen LogP contribution in [0.5, 0.6) is 0 Å². The van der Waals surface area contributed by atoms with Gasteiger partial charge in [-0.1, -0.05) is 33.8 Å². The molecule has 2 N–H and O–H groups in total. The molecule has 0 spiro atoms. The molecule has 3 amide bonds. The molecule has 16 nitrogen and oxygen atoms in total. The molecule has 6 bridgehead atoms. The van der Waals surface area contributed by atoms with Gasteiger partial charge in [0.1, 0.15) is 18.1 Å². The summed E-state index contributed by atoms with van der Waals surface area (Å²) in [6.07, 6.45) is 4.58. The van der Waals surface area contributed by atoms with E-state index in [9.17, 15) is 27.6 Å². The van der Waals surface area contributed by atoms with Crippen molar-refractivity contribution >= 4 is 56.0 Å². The summed E-state index contributed by atoms with van der Waals surface area (Å²) in [5.41, 5.74) is 9.15. The van der Waals surface area contributed by atoms with Crippen molar-refractivity contribution in [3.8, 4) is 22.5 Å². The van der Waals surface area contributed by atoms with Crippen molar-refractivity contribution in [1.82, 2.24) is 39.5 Å². The molecule has 1 aromatic carbocycles. The van der Waals surface area contributed by atoms with E-state index in [-0.39, 0.29) is 44.0 Å². The number of nitrogens with zero attached hydrogens (tertiary/aromatic N) is 6. The first kappa shape index (κ1) is 47.2. The summed E-state index contributed by atoms with van der Waals surface area (Å²) >= 11 is 1.39. The molecule has 64 heavy (non-hydrogen) atoms. The van der Waals surface area contributed by atoms with Crippen LogP contribution < -0.4 is 10.7 Å². The Labute approximate surface area is 380 Å². The number of cyclic esters (lactones) is 1. The molecule has 3 aromatic heterocycles. The molecule has 6 heterocycles. The van der Waals surface area contributed by atoms with Gasteiger partial charge in [0, 0.05) is 85.8 Å². The lowest BCUT2D eigenvalue weighted by Crippen LogP contribution is -2.62. The summed E-state index contributed by atoms with van der Waals surface area (Å²) in [6.45, 7) is 13.3. The van der Waals surface area contributed by atoms with Gasteiger partial charge in [-0.2, -0.15) is 0 Å². The summed E-state index contributed by atoms with van der Waals surface area (Å²) in [6, 6.07) is 7.48. The van der Waals surface area contributed by atoms with Crippen LogP contribution in [-0.2, 0) is 58.1 Å². The molecule has 3 aliphatic rings. The van der Waals surface area contributed by atoms with E-state index in [0.717, 1.165) is 50.9 Å². The summed E-state index contributed by atoms with van der Waals surface area (Å²) in [7, 11) is -0.253. The Hall–Kier alpha value is -4.75. The lowest BCUT2D eigenvalue weighted by atomic mass is 9.84. The normalized spacial score (nSPS) is 22.0. The molecular weight excluding hydrogens is 857 g/mol. The fourth-order valence-corrected chi connectivity index (χ4v) is 11.1. The molecule has 4 aromatic rings. The zero-order valence-corrected chi connectivity index (χ0v) is 40.0. The summed E-state index contributed by atoms with van der Waals surface area (Å²) < 4.78 is 39.9. The highest BCUT2D eigenvalue weighted by atomic mass is 32.2. The number of hydrazine groups is 1. The number of hydrogen-bond acceptors (Lipinski definition) is 12. The van der Waals surface area contributed by atoms with Crippen molar-refractivity contribution in [3.05, 3.63) is 58.2 Å². The van der Waals surface area contributed by atoms with E-state index in [1.807, 2.05) is 32.2 Å². The molecule has 0 radical (unpaired) electrons. The molecule has 2 fully saturated rings. The van der Waals surface area contributed by atoms with Crippen molar-refractivity contribution in [1.29, 1.82) is 0 Å². The predicted molar refractivity (Wildman–Crippen MR) is 245 cm³/mol. The van der Waals surface area contributed by atoms with Crippen molar-refractivity contribution in [3.63, 3.8) is 0 Å². The van der Waals surface area contributed by atoms with Gasteiger partial charge in [-0.3, -0.25) is 29.2 Å². The SMILES string of the molecule is CCn1c(-c2cccnc2[C@H](C)OC)c2c3cc(ccc31)-c1csc(n1)C[C@H](NC(=O)[C@H](C(C)C)N(C)C(=O)[C@H]1CCN(S(C)(=O)=O)C1)C(=O)N1CCC[C@H](N1)C(=O)OCC(C)(C)C2. The number of aryl methyl sites for hydroxylation is 1. The second-order valence-corrected chi connectivity index (χ2v) is 21.4. The van der Waals surface area contributed by atoms with Gasteiger partial charge >= 0.3 is 5.97 Å². The third kappa shape index (κ3) is 9.76. The van der Waals surface area contributed by atoms with E-state index in [0.29, 0.717) is 43.8 Å². The zero-order valence-electron chi connectivity index (χ0n) is 38.3. The van der Waals surface area contributed by atoms with Gasteiger partial charge in [0.15, 0.2) is 0 Å². The maximum absolute atomic E-state index is 14.6. The van der Waals surface area contributed by atoms with Crippen LogP contribution in [-0.4, -0.2) is 126 Å². The van der Waals surface area contributed by atoms with E-state index in [2.05, 4.69) is 60.3 Å². The molecule has 346 valence electrons. The van der Waals surface area contributed by atoms with Crippen LogP contribution in [0.25, 0.3) is 33.4 Å². The second kappa shape index (κ2) is 19.0. The third-order valence-electron chi connectivity index (χ3n) is 12.8. The number of aromatic nitrogens is 3. The predicted octanol–water partition coefficient (Wildman–Crippen LogP) is 4.97. The highest BCUT2D eigenvalue weighted by Gasteiger charge is 2.41. The van der Waals surface area contributed by atoms with Gasteiger partial charge in [0.25, 0.3) is 5.91 Å². The molecule has 0 aliphatic carbocycles. The fourth-order valence-electron chi connectivity index (χ4n) is 9.40. The standard InChI is InChI=1S/C46H62N8O8S2/c1-10-53-37-16-15-29-21-32(37)33(41(53)31-13-11-18-47-39(31)28(4)61-8)23-46(5,6)26-62-45(58)34-14-12-19-54(50-34)44(57)35(22-38-48-36(29)25-63-38)49-42(55)40(27(2)3)51(7)43(56)30-17-20-52(24-30)64(9,59)60/h11,13,15-16,18,21,25,27-28,30,34-35,40,50H,10,12,14,17,19-20,22-24,26H2,1-9H3,(H,49,55)/t28-,30-,34-,35-,40-/m0/s1. The zero-order chi connectivity index (χ0) is 46.2. The van der Waals surface area contributed by atoms with E-state index >= 15 is 0 Å². The van der Waals surface area contributed by atoms with Crippen LogP contribution in [0.1, 0.15) is 83.2 Å². The average Bonchev–Trinajstić information content (AvgIpc) is 4.02. The molecule has 2 saturated heterocycles. The maximum atomic E-state index is 14.6. The molecule has 5 atom stereocenters. The van der Waals surface area contributed by atoms with E-state index < -0.39 is 57.3 Å². The number of hydrogen-bond donors (Lipinski definition) is 2. The van der Waals surface area contributed by atoms with Crippen LogP contribution in [0.15, 0.2) is 41.9 Å². The average molecular weight is 919 g/mol. The van der Waals surface area contributed by atoms with Gasteiger partial charge in [-0.25, -0.2) is 23.1 Å². The number of methoxy groups -OCH3 is 1. The minimum absolute atomic E-state index is 0.0442. The maximum Gasteiger partial charge on any atom is 0.324 e. The Bertz CT molecular complexity index is 2520. The number of fused-ring (bicyclic) bond motifs is 6. The first-order valence-electron chi connectivity index (χ1n) is 22.2. The highest BCUT2D eigenvalue weighted by Crippen LogP contribution is 2.42. The van der Waals surface area contributed by atoms with Crippen LogP contribution in [0.3, 0.4) is 0 Å². The number of esters is 1. The van der Waals surface area contributed by atoms with E-state index in [1.165, 1.54) is 25.6 Å². The summed E-state index contributed by atoms with van der Waals surface area (Å²) in [5, 5.41) is 7.99. The van der Waals surface area contributed by atoms with Crippen molar-refractivity contribution in [2.75, 3.05) is 46.7 Å². The minimum atomic E-state index is -3.48. The van der Waals surface area contributed by atoms with Crippen molar-refractivity contribution in [2.24, 2.45) is 17.3 Å². The van der Waals surface area contributed by atoms with Gasteiger partial charge < -0.3 is 24.3 Å². The van der Waals surface area contributed by atoms with Gasteiger partial charge in [-0.15, -0.1) is 11.3 Å². The highest BCUT2D eigenvalue weighted by molar-refractivity contribution is 7.88. The number of carbonyl (C=O) groups excluding carboxylic acids is 4. The largest absolute Gasteiger partial charge is 0.464 e. The molecule has 0 unspecified atom stereocenters. The Morgan fingerprint density at radius 2 is 1.91 bits per heavy atom. The van der Waals surface area contributed by atoms with Gasteiger partial charge in [-0.05, 0) is 75.3 Å². The fraction of sp³-hybridized carbons (Fsp3) is 0.565. The number of rotatable bonds is 10. The Morgan fingerprint density at radius 1 is 1.14 bits per heavy atom. The topological polar surface area (TPSA) is 185 Å². The summed E-state index contributed by atoms with van der Waals surface area (Å²) in [5.74, 6) is -2.74. The number of carbonyl (C=O) groups is 4. The lowest BCUT2D eigenvalue weighted by molar-refractivity contribution is -0.155. The monoisotopic (exact) mass is 918 g/mol. The number of ether oxygens (including phenoxy) is 2. The first-order valence-corrected chi connectivity index (χ1v) is 24.9. The van der Waals surface area contributed by atoms with Crippen molar-refractivity contribution in [2.45, 2.75) is 104 Å². The van der Waals surface area contributed by atoms with Crippen LogP contribution in [0.2, 0.25) is 0 Å². The van der Waals surface area contributed by atoms with Crippen LogP contribution in [0.4, 0.5) is 0 Å². The Kier molecular flexibility index (Phi) is 14.0. The number of thiazole rings is 1. The third-order valence-corrected chi connectivity index (χ3v) is 14.9. The van der Waals surface area contributed by atoms with Gasteiger partial charge in [0.2, 0.25) is 21.8 Å². The first-order chi connectivity index (χ1) is 30.3. The molecule has 7 rings (SSSR count). The number of benzene rings is 1. The number of pyridine rings is 1. The molecule has 18 heteroatoms. The number of sulfonamides is 1. The molecular formula is C46H62N8O8S2. The smallest absolute Gasteiger partial charge is 0.324 e. The lowest BCUT2D eigenvalue weighted by Gasteiger charge is -2.36. The Morgan fingerprint density at radius 3 is 2.59 bits per heavy atom. The summed E-state index contributed by atoms with van der Waals surface area (Å²) in [4.78, 5) is 67.8. The second-order valence-electron chi connectivity index (χ2n) is 18.5. The minimum Gasteiger partial charge on any atom is -0.464 e. The van der Waals surface area contributed by atoms with E-state index in [1.54, 1.807) is 20.4 Å². The van der Waals surface area contributed by atoms with Crippen molar-refractivity contribution < 1.29 is 37.1 Å². The number of amides is 3. The Balaban J connectivity index is 1.27. The van der Waals surface area contributed by atoms with E-state index in [4.69, 9.17) is 19.4 Å².